The first-order valence-electron chi connectivity index (χ1n) is 8.72. The molecule has 5 nitrogen and oxygen atoms in total. The summed E-state index contributed by atoms with van der Waals surface area (Å²) in [7, 11) is 4.73. The quantitative estimate of drug-likeness (QED) is 0.745. The van der Waals surface area contributed by atoms with Gasteiger partial charge in [-0.2, -0.15) is 0 Å². The normalized spacial score (nSPS) is 20.0. The standard InChI is InChI=1S/C21H25NO4/c1-24-16-9-10-20(25-2)17(11-16)18-13-22(14-19(18)21(23)26-3)12-15-7-5-4-6-8-15/h4-11,18-19H,12-14H2,1-3H3/t18-,19+/m1/s1. The third-order valence-corrected chi connectivity index (χ3v) is 4.98. The molecular weight excluding hydrogens is 330 g/mol. The van der Waals surface area contributed by atoms with Crippen molar-refractivity contribution in [2.24, 2.45) is 5.92 Å². The number of ether oxygens (including phenoxy) is 3. The third kappa shape index (κ3) is 3.83. The second-order valence-corrected chi connectivity index (χ2v) is 6.52. The zero-order valence-corrected chi connectivity index (χ0v) is 15.5. The number of carbonyl (C=O) groups is 1. The molecule has 0 N–H and O–H groups in total. The van der Waals surface area contributed by atoms with Gasteiger partial charge in [0.1, 0.15) is 11.5 Å². The van der Waals surface area contributed by atoms with Crippen LogP contribution in [0.15, 0.2) is 48.5 Å². The number of carbonyl (C=O) groups excluding carboxylic acids is 1. The van der Waals surface area contributed by atoms with E-state index in [9.17, 15) is 4.79 Å². The van der Waals surface area contributed by atoms with Gasteiger partial charge in [0.15, 0.2) is 0 Å². The number of benzene rings is 2. The van der Waals surface area contributed by atoms with Gasteiger partial charge in [0, 0.05) is 31.1 Å². The summed E-state index contributed by atoms with van der Waals surface area (Å²) in [4.78, 5) is 14.7. The molecule has 1 aliphatic heterocycles. The van der Waals surface area contributed by atoms with Crippen molar-refractivity contribution in [1.29, 1.82) is 0 Å². The van der Waals surface area contributed by atoms with Crippen LogP contribution in [0.3, 0.4) is 0 Å². The molecule has 0 radical (unpaired) electrons. The van der Waals surface area contributed by atoms with Crippen molar-refractivity contribution >= 4 is 5.97 Å². The molecule has 1 heterocycles. The highest BCUT2D eigenvalue weighted by molar-refractivity contribution is 5.75. The highest BCUT2D eigenvalue weighted by Crippen LogP contribution is 2.40. The van der Waals surface area contributed by atoms with Gasteiger partial charge in [0.05, 0.1) is 27.2 Å². The molecule has 0 amide bonds. The lowest BCUT2D eigenvalue weighted by atomic mass is 9.88. The molecule has 5 heteroatoms. The Labute approximate surface area is 154 Å². The van der Waals surface area contributed by atoms with E-state index in [-0.39, 0.29) is 17.8 Å². The van der Waals surface area contributed by atoms with Crippen molar-refractivity contribution in [3.8, 4) is 11.5 Å². The second-order valence-electron chi connectivity index (χ2n) is 6.52. The number of rotatable bonds is 6. The molecule has 0 aromatic heterocycles. The summed E-state index contributed by atoms with van der Waals surface area (Å²) in [5.74, 6) is 1.11. The average Bonchev–Trinajstić information content (AvgIpc) is 3.11. The van der Waals surface area contributed by atoms with Gasteiger partial charge in [-0.1, -0.05) is 30.3 Å². The number of hydrogen-bond donors (Lipinski definition) is 0. The van der Waals surface area contributed by atoms with Crippen LogP contribution in [0.4, 0.5) is 0 Å². The SMILES string of the molecule is COC(=O)[C@H]1CN(Cc2ccccc2)C[C@@H]1c1cc(OC)ccc1OC. The minimum Gasteiger partial charge on any atom is -0.497 e. The highest BCUT2D eigenvalue weighted by Gasteiger charge is 2.40. The van der Waals surface area contributed by atoms with Crippen LogP contribution in [0.5, 0.6) is 11.5 Å². The fraction of sp³-hybridized carbons (Fsp3) is 0.381. The summed E-state index contributed by atoms with van der Waals surface area (Å²) >= 11 is 0. The Kier molecular flexibility index (Phi) is 5.78. The van der Waals surface area contributed by atoms with E-state index in [1.165, 1.54) is 12.7 Å². The summed E-state index contributed by atoms with van der Waals surface area (Å²) in [5.41, 5.74) is 2.21. The third-order valence-electron chi connectivity index (χ3n) is 4.98. The monoisotopic (exact) mass is 355 g/mol. The van der Waals surface area contributed by atoms with Crippen LogP contribution in [0.1, 0.15) is 17.0 Å². The lowest BCUT2D eigenvalue weighted by Gasteiger charge is -2.20. The van der Waals surface area contributed by atoms with E-state index < -0.39 is 0 Å². The van der Waals surface area contributed by atoms with Gasteiger partial charge >= 0.3 is 5.97 Å². The number of nitrogens with zero attached hydrogens (tertiary/aromatic N) is 1. The Morgan fingerprint density at radius 3 is 2.46 bits per heavy atom. The van der Waals surface area contributed by atoms with Gasteiger partial charge in [-0.05, 0) is 23.8 Å². The summed E-state index contributed by atoms with van der Waals surface area (Å²) in [6, 6.07) is 16.0. The van der Waals surface area contributed by atoms with Crippen molar-refractivity contribution in [1.82, 2.24) is 4.90 Å². The molecule has 26 heavy (non-hydrogen) atoms. The summed E-state index contributed by atoms with van der Waals surface area (Å²) in [5, 5.41) is 0. The van der Waals surface area contributed by atoms with Crippen LogP contribution >= 0.6 is 0 Å². The van der Waals surface area contributed by atoms with Crippen molar-refractivity contribution < 1.29 is 19.0 Å². The van der Waals surface area contributed by atoms with Crippen LogP contribution < -0.4 is 9.47 Å². The molecule has 0 spiro atoms. The molecule has 1 saturated heterocycles. The van der Waals surface area contributed by atoms with E-state index in [1.807, 2.05) is 36.4 Å². The lowest BCUT2D eigenvalue weighted by Crippen LogP contribution is -2.24. The Bertz CT molecular complexity index is 747. The predicted molar refractivity (Wildman–Crippen MR) is 99.5 cm³/mol. The largest absolute Gasteiger partial charge is 0.497 e. The van der Waals surface area contributed by atoms with Gasteiger partial charge < -0.3 is 14.2 Å². The Morgan fingerprint density at radius 2 is 1.81 bits per heavy atom. The van der Waals surface area contributed by atoms with E-state index in [1.54, 1.807) is 14.2 Å². The van der Waals surface area contributed by atoms with Crippen LogP contribution in [-0.2, 0) is 16.1 Å². The molecule has 0 saturated carbocycles. The van der Waals surface area contributed by atoms with Gasteiger partial charge in [-0.3, -0.25) is 9.69 Å². The zero-order chi connectivity index (χ0) is 18.5. The number of methoxy groups -OCH3 is 3. The fourth-order valence-corrected chi connectivity index (χ4v) is 3.69. The molecule has 2 aromatic carbocycles. The molecule has 0 aliphatic carbocycles. The molecule has 2 aromatic rings. The molecule has 138 valence electrons. The maximum Gasteiger partial charge on any atom is 0.310 e. The average molecular weight is 355 g/mol. The Hall–Kier alpha value is -2.53. The summed E-state index contributed by atoms with van der Waals surface area (Å²) in [6.45, 7) is 2.22. The van der Waals surface area contributed by atoms with Crippen molar-refractivity contribution in [2.75, 3.05) is 34.4 Å². The predicted octanol–water partition coefficient (Wildman–Crippen LogP) is 3.09. The smallest absolute Gasteiger partial charge is 0.310 e. The van der Waals surface area contributed by atoms with E-state index in [0.29, 0.717) is 6.54 Å². The van der Waals surface area contributed by atoms with Crippen molar-refractivity contribution in [3.05, 3.63) is 59.7 Å². The lowest BCUT2D eigenvalue weighted by molar-refractivity contribution is -0.145. The fourth-order valence-electron chi connectivity index (χ4n) is 3.69. The van der Waals surface area contributed by atoms with Crippen LogP contribution in [-0.4, -0.2) is 45.3 Å². The second kappa shape index (κ2) is 8.23. The Balaban J connectivity index is 1.89. The minimum absolute atomic E-state index is 0.00351. The number of likely N-dealkylation sites (tertiary alicyclic amines) is 1. The van der Waals surface area contributed by atoms with E-state index >= 15 is 0 Å². The van der Waals surface area contributed by atoms with Crippen LogP contribution in [0, 0.1) is 5.92 Å². The van der Waals surface area contributed by atoms with Gasteiger partial charge in [0.2, 0.25) is 0 Å². The zero-order valence-electron chi connectivity index (χ0n) is 15.5. The molecule has 0 bridgehead atoms. The highest BCUT2D eigenvalue weighted by atomic mass is 16.5. The number of hydrogen-bond acceptors (Lipinski definition) is 5. The maximum atomic E-state index is 12.4. The van der Waals surface area contributed by atoms with Gasteiger partial charge in [0.25, 0.3) is 0 Å². The molecular formula is C21H25NO4. The molecule has 1 aliphatic rings. The van der Waals surface area contributed by atoms with Crippen molar-refractivity contribution in [2.45, 2.75) is 12.5 Å². The first-order valence-corrected chi connectivity index (χ1v) is 8.72. The van der Waals surface area contributed by atoms with E-state index in [2.05, 4.69) is 17.0 Å². The Morgan fingerprint density at radius 1 is 1.04 bits per heavy atom. The molecule has 2 atom stereocenters. The summed E-state index contributed by atoms with van der Waals surface area (Å²) in [6.07, 6.45) is 0. The van der Waals surface area contributed by atoms with Crippen molar-refractivity contribution in [3.63, 3.8) is 0 Å². The first-order chi connectivity index (χ1) is 12.7. The van der Waals surface area contributed by atoms with E-state index in [0.717, 1.165) is 30.2 Å². The molecule has 1 fully saturated rings. The van der Waals surface area contributed by atoms with Gasteiger partial charge in [-0.15, -0.1) is 0 Å². The van der Waals surface area contributed by atoms with Gasteiger partial charge in [-0.25, -0.2) is 0 Å². The summed E-state index contributed by atoms with van der Waals surface area (Å²) < 4.78 is 16.0. The molecule has 0 unspecified atom stereocenters. The van der Waals surface area contributed by atoms with Crippen LogP contribution in [0.25, 0.3) is 0 Å². The minimum atomic E-state index is -0.232. The first kappa shape index (κ1) is 18.3. The van der Waals surface area contributed by atoms with E-state index in [4.69, 9.17) is 14.2 Å². The topological polar surface area (TPSA) is 48.0 Å². The number of esters is 1. The maximum absolute atomic E-state index is 12.4. The molecule has 3 rings (SSSR count). The van der Waals surface area contributed by atoms with Crippen LogP contribution in [0.2, 0.25) is 0 Å².